The lowest BCUT2D eigenvalue weighted by atomic mass is 10.1. The molecular weight excluding hydrogens is 516 g/mol. The van der Waals surface area contributed by atoms with E-state index in [9.17, 15) is 4.79 Å². The summed E-state index contributed by atoms with van der Waals surface area (Å²) in [6, 6.07) is 13.8. The van der Waals surface area contributed by atoms with Crippen molar-refractivity contribution < 1.29 is 18.8 Å². The highest BCUT2D eigenvalue weighted by atomic mass is 32.1. The summed E-state index contributed by atoms with van der Waals surface area (Å²) in [5.41, 5.74) is 6.27. The number of thiazole rings is 1. The SMILES string of the molecule is CCCCCCCCCCCCCCOc1ccc(CC(=O)Nc2ccc(C[n+]3cscc3C)cc2)cc1OC. The lowest BCUT2D eigenvalue weighted by Gasteiger charge is -2.12. The molecule has 0 fully saturated rings. The quantitative estimate of drug-likeness (QED) is 0.110. The maximum atomic E-state index is 12.7. The Bertz CT molecular complexity index is 1130. The minimum Gasteiger partial charge on any atom is -0.493 e. The molecule has 40 heavy (non-hydrogen) atoms. The van der Waals surface area contributed by atoms with Gasteiger partial charge in [-0.2, -0.15) is 4.57 Å². The van der Waals surface area contributed by atoms with Gasteiger partial charge in [0.15, 0.2) is 23.7 Å². The largest absolute Gasteiger partial charge is 0.493 e. The van der Waals surface area contributed by atoms with Crippen molar-refractivity contribution in [2.75, 3.05) is 19.0 Å². The van der Waals surface area contributed by atoms with Crippen LogP contribution in [0.5, 0.6) is 11.5 Å². The topological polar surface area (TPSA) is 51.4 Å². The summed E-state index contributed by atoms with van der Waals surface area (Å²) in [5.74, 6) is 1.36. The third-order valence-electron chi connectivity index (χ3n) is 7.32. The molecule has 3 aromatic rings. The average Bonchev–Trinajstić information content (AvgIpc) is 3.36. The Balaban J connectivity index is 1.32. The summed E-state index contributed by atoms with van der Waals surface area (Å²) in [6.07, 6.45) is 16.2. The van der Waals surface area contributed by atoms with Crippen LogP contribution in [0.2, 0.25) is 0 Å². The molecule has 0 saturated carbocycles. The molecule has 0 aliphatic rings. The molecule has 1 amide bonds. The standard InChI is InChI=1S/C34H48N2O3S/c1-4-5-6-7-8-9-10-11-12-13-14-15-22-39-32-21-18-30(23-33(32)38-3)24-34(37)35-31-19-16-29(17-20-31)25-36-27-40-26-28(36)2/h16-21,23,26-27H,4-15,22,24-25H2,1-3H3/p+1. The van der Waals surface area contributed by atoms with Crippen LogP contribution in [-0.4, -0.2) is 19.6 Å². The second kappa shape index (κ2) is 18.5. The zero-order valence-corrected chi connectivity index (χ0v) is 25.7. The number of nitrogens with one attached hydrogen (secondary N) is 1. The smallest absolute Gasteiger partial charge is 0.228 e. The summed E-state index contributed by atoms with van der Waals surface area (Å²) >= 11 is 1.70. The van der Waals surface area contributed by atoms with E-state index in [1.807, 2.05) is 30.3 Å². The number of hydrogen-bond acceptors (Lipinski definition) is 4. The first kappa shape index (κ1) is 31.7. The fourth-order valence-electron chi connectivity index (χ4n) is 4.86. The van der Waals surface area contributed by atoms with Crippen LogP contribution >= 0.6 is 11.3 Å². The number of methoxy groups -OCH3 is 1. The van der Waals surface area contributed by atoms with Crippen molar-refractivity contribution in [3.05, 3.63) is 70.2 Å². The van der Waals surface area contributed by atoms with Gasteiger partial charge in [0.25, 0.3) is 0 Å². The van der Waals surface area contributed by atoms with Crippen LogP contribution in [-0.2, 0) is 17.8 Å². The first-order chi connectivity index (χ1) is 19.6. The van der Waals surface area contributed by atoms with Crippen LogP contribution < -0.4 is 19.4 Å². The van der Waals surface area contributed by atoms with Crippen LogP contribution in [0.4, 0.5) is 5.69 Å². The van der Waals surface area contributed by atoms with E-state index < -0.39 is 0 Å². The lowest BCUT2D eigenvalue weighted by Crippen LogP contribution is -2.34. The average molecular weight is 566 g/mol. The van der Waals surface area contributed by atoms with Gasteiger partial charge < -0.3 is 14.8 Å². The van der Waals surface area contributed by atoms with E-state index in [0.29, 0.717) is 12.4 Å². The van der Waals surface area contributed by atoms with Crippen molar-refractivity contribution in [1.29, 1.82) is 0 Å². The second-order valence-electron chi connectivity index (χ2n) is 10.8. The summed E-state index contributed by atoms with van der Waals surface area (Å²) in [7, 11) is 1.65. The van der Waals surface area contributed by atoms with Crippen molar-refractivity contribution >= 4 is 22.9 Å². The van der Waals surface area contributed by atoms with E-state index in [2.05, 4.69) is 46.8 Å². The Labute approximate surface area is 245 Å². The summed E-state index contributed by atoms with van der Waals surface area (Å²) in [4.78, 5) is 12.7. The molecule has 0 saturated heterocycles. The number of nitrogens with zero attached hydrogens (tertiary/aromatic N) is 1. The molecule has 2 aromatic carbocycles. The molecule has 3 rings (SSSR count). The fourth-order valence-corrected chi connectivity index (χ4v) is 5.64. The third kappa shape index (κ3) is 11.7. The van der Waals surface area contributed by atoms with Crippen molar-refractivity contribution in [2.45, 2.75) is 104 Å². The highest BCUT2D eigenvalue weighted by molar-refractivity contribution is 7.07. The van der Waals surface area contributed by atoms with E-state index in [4.69, 9.17) is 9.47 Å². The number of ether oxygens (including phenoxy) is 2. The Kier molecular flexibility index (Phi) is 14.6. The van der Waals surface area contributed by atoms with Gasteiger partial charge in [-0.1, -0.05) is 107 Å². The van der Waals surface area contributed by atoms with E-state index in [-0.39, 0.29) is 12.3 Å². The number of aryl methyl sites for hydroxylation is 1. The first-order valence-electron chi connectivity index (χ1n) is 15.2. The van der Waals surface area contributed by atoms with Crippen LogP contribution in [0.15, 0.2) is 53.4 Å². The molecule has 0 radical (unpaired) electrons. The van der Waals surface area contributed by atoms with Crippen LogP contribution in [0.1, 0.15) is 101 Å². The number of rotatable bonds is 20. The number of hydrogen-bond donors (Lipinski definition) is 1. The Morgan fingerprint density at radius 1 is 0.825 bits per heavy atom. The molecule has 1 N–H and O–H groups in total. The zero-order valence-electron chi connectivity index (χ0n) is 24.9. The number of aromatic nitrogens is 1. The molecule has 0 aliphatic heterocycles. The highest BCUT2D eigenvalue weighted by Gasteiger charge is 2.11. The minimum absolute atomic E-state index is 0.0528. The van der Waals surface area contributed by atoms with Gasteiger partial charge >= 0.3 is 0 Å². The van der Waals surface area contributed by atoms with Crippen molar-refractivity contribution in [2.24, 2.45) is 0 Å². The highest BCUT2D eigenvalue weighted by Crippen LogP contribution is 2.29. The van der Waals surface area contributed by atoms with Crippen LogP contribution in [0.25, 0.3) is 0 Å². The number of carbonyl (C=O) groups is 1. The number of unbranched alkanes of at least 4 members (excludes halogenated alkanes) is 11. The Morgan fingerprint density at radius 2 is 1.45 bits per heavy atom. The monoisotopic (exact) mass is 565 g/mol. The molecular formula is C34H49N2O3S+. The van der Waals surface area contributed by atoms with Gasteiger partial charge in [0.05, 0.1) is 25.5 Å². The van der Waals surface area contributed by atoms with E-state index in [1.54, 1.807) is 18.4 Å². The van der Waals surface area contributed by atoms with Gasteiger partial charge in [-0.25, -0.2) is 0 Å². The lowest BCUT2D eigenvalue weighted by molar-refractivity contribution is -0.689. The van der Waals surface area contributed by atoms with Gasteiger partial charge in [-0.15, -0.1) is 0 Å². The normalized spacial score (nSPS) is 11.0. The van der Waals surface area contributed by atoms with Crippen LogP contribution in [0.3, 0.4) is 0 Å². The molecule has 6 heteroatoms. The molecule has 0 aliphatic carbocycles. The van der Waals surface area contributed by atoms with Crippen LogP contribution in [0, 0.1) is 6.92 Å². The minimum atomic E-state index is -0.0528. The maximum Gasteiger partial charge on any atom is 0.228 e. The van der Waals surface area contributed by atoms with Gasteiger partial charge in [-0.3, -0.25) is 4.79 Å². The second-order valence-corrected chi connectivity index (χ2v) is 11.5. The maximum absolute atomic E-state index is 12.7. The van der Waals surface area contributed by atoms with E-state index in [1.165, 1.54) is 81.9 Å². The van der Waals surface area contributed by atoms with Gasteiger partial charge in [0.2, 0.25) is 11.4 Å². The fraction of sp³-hybridized carbons (Fsp3) is 0.529. The number of benzene rings is 2. The molecule has 0 unspecified atom stereocenters. The predicted molar refractivity (Wildman–Crippen MR) is 167 cm³/mol. The number of carbonyl (C=O) groups excluding carboxylic acids is 1. The number of anilines is 1. The molecule has 0 atom stereocenters. The Morgan fingerprint density at radius 3 is 2.05 bits per heavy atom. The summed E-state index contributed by atoms with van der Waals surface area (Å²) in [6.45, 7) is 5.90. The molecule has 0 spiro atoms. The van der Waals surface area contributed by atoms with E-state index in [0.717, 1.165) is 30.0 Å². The van der Waals surface area contributed by atoms with Gasteiger partial charge in [-0.05, 0) is 36.2 Å². The third-order valence-corrected chi connectivity index (χ3v) is 8.17. The van der Waals surface area contributed by atoms with Gasteiger partial charge in [0, 0.05) is 18.2 Å². The molecule has 1 heterocycles. The molecule has 1 aromatic heterocycles. The molecule has 218 valence electrons. The number of amides is 1. The van der Waals surface area contributed by atoms with Gasteiger partial charge in [0.1, 0.15) is 0 Å². The summed E-state index contributed by atoms with van der Waals surface area (Å²) in [5, 5.41) is 5.15. The Hall–Kier alpha value is -2.86. The summed E-state index contributed by atoms with van der Waals surface area (Å²) < 4.78 is 13.8. The predicted octanol–water partition coefficient (Wildman–Crippen LogP) is 8.66. The van der Waals surface area contributed by atoms with Crippen molar-refractivity contribution in [1.82, 2.24) is 0 Å². The van der Waals surface area contributed by atoms with E-state index >= 15 is 0 Å². The first-order valence-corrected chi connectivity index (χ1v) is 16.1. The zero-order chi connectivity index (χ0) is 28.4. The van der Waals surface area contributed by atoms with Crippen molar-refractivity contribution in [3.63, 3.8) is 0 Å². The molecule has 5 nitrogen and oxygen atoms in total. The molecule has 0 bridgehead atoms. The van der Waals surface area contributed by atoms with Crippen molar-refractivity contribution in [3.8, 4) is 11.5 Å².